The van der Waals surface area contributed by atoms with Crippen molar-refractivity contribution in [2.75, 3.05) is 0 Å². The van der Waals surface area contributed by atoms with E-state index in [4.69, 9.17) is 0 Å². The molecule has 0 bridgehead atoms. The van der Waals surface area contributed by atoms with Gasteiger partial charge in [-0.3, -0.25) is 4.79 Å². The number of aromatic nitrogens is 1. The van der Waals surface area contributed by atoms with Crippen LogP contribution >= 0.6 is 0 Å². The largest absolute Gasteiger partial charge is 0.341 e. The summed E-state index contributed by atoms with van der Waals surface area (Å²) in [7, 11) is 0. The van der Waals surface area contributed by atoms with Gasteiger partial charge in [-0.25, -0.2) is 5.43 Å². The van der Waals surface area contributed by atoms with Gasteiger partial charge in [-0.15, -0.1) is 0 Å². The quantitative estimate of drug-likeness (QED) is 0.309. The maximum absolute atomic E-state index is 12.5. The number of para-hydroxylation sites is 1. The summed E-state index contributed by atoms with van der Waals surface area (Å²) < 4.78 is 2.31. The maximum Gasteiger partial charge on any atom is 0.271 e. The predicted octanol–water partition coefficient (Wildman–Crippen LogP) is 5.73. The summed E-state index contributed by atoms with van der Waals surface area (Å²) in [4.78, 5) is 12.5. The highest BCUT2D eigenvalue weighted by atomic mass is 16.2. The number of aryl methyl sites for hydroxylation is 1. The monoisotopic (exact) mass is 391 g/mol. The number of nitrogens with one attached hydrogen (secondary N) is 1. The second kappa shape index (κ2) is 7.48. The van der Waals surface area contributed by atoms with Crippen molar-refractivity contribution in [3.05, 3.63) is 96.1 Å². The Morgan fingerprint density at radius 3 is 2.50 bits per heavy atom. The standard InChI is InChI=1S/C26H21N3O/c1-2-29-24-10-6-5-9-22(24)23-15-18(11-14-25(23)29)17-27-28-26(30)21-13-12-19-7-3-4-8-20(19)16-21/h3-17H,2H2,1H3,(H,28,30). The molecule has 4 aromatic carbocycles. The first kappa shape index (κ1) is 18.1. The van der Waals surface area contributed by atoms with Crippen LogP contribution in [0.5, 0.6) is 0 Å². The molecule has 1 heterocycles. The van der Waals surface area contributed by atoms with Crippen LogP contribution in [-0.2, 0) is 6.54 Å². The fourth-order valence-electron chi connectivity index (χ4n) is 4.05. The first-order valence-corrected chi connectivity index (χ1v) is 10.1. The molecule has 0 aliphatic heterocycles. The van der Waals surface area contributed by atoms with E-state index in [1.54, 1.807) is 6.21 Å². The molecule has 30 heavy (non-hydrogen) atoms. The lowest BCUT2D eigenvalue weighted by molar-refractivity contribution is 0.0955. The average Bonchev–Trinajstić information content (AvgIpc) is 3.11. The first-order valence-electron chi connectivity index (χ1n) is 10.1. The number of fused-ring (bicyclic) bond motifs is 4. The highest BCUT2D eigenvalue weighted by Crippen LogP contribution is 2.29. The summed E-state index contributed by atoms with van der Waals surface area (Å²) in [6, 6.07) is 28.3. The zero-order valence-corrected chi connectivity index (χ0v) is 16.7. The summed E-state index contributed by atoms with van der Waals surface area (Å²) in [5.41, 5.74) is 6.61. The summed E-state index contributed by atoms with van der Waals surface area (Å²) in [6.07, 6.45) is 1.69. The van der Waals surface area contributed by atoms with Crippen LogP contribution in [0, 0.1) is 0 Å². The van der Waals surface area contributed by atoms with Crippen molar-refractivity contribution in [1.29, 1.82) is 0 Å². The van der Waals surface area contributed by atoms with E-state index in [0.29, 0.717) is 5.56 Å². The van der Waals surface area contributed by atoms with Crippen molar-refractivity contribution in [2.24, 2.45) is 5.10 Å². The molecule has 0 aliphatic rings. The number of nitrogens with zero attached hydrogens (tertiary/aromatic N) is 2. The molecule has 0 saturated carbocycles. The minimum Gasteiger partial charge on any atom is -0.341 e. The Balaban J connectivity index is 1.40. The molecule has 1 aromatic heterocycles. The molecule has 0 spiro atoms. The normalized spacial score (nSPS) is 11.6. The lowest BCUT2D eigenvalue weighted by Gasteiger charge is -2.03. The molecule has 4 nitrogen and oxygen atoms in total. The number of amides is 1. The number of hydrogen-bond acceptors (Lipinski definition) is 2. The van der Waals surface area contributed by atoms with Gasteiger partial charge >= 0.3 is 0 Å². The van der Waals surface area contributed by atoms with E-state index in [-0.39, 0.29) is 5.91 Å². The van der Waals surface area contributed by atoms with Crippen molar-refractivity contribution in [2.45, 2.75) is 13.5 Å². The molecule has 0 saturated heterocycles. The van der Waals surface area contributed by atoms with Gasteiger partial charge in [0.1, 0.15) is 0 Å². The molecule has 5 rings (SSSR count). The third-order valence-corrected chi connectivity index (χ3v) is 5.50. The Morgan fingerprint density at radius 1 is 0.867 bits per heavy atom. The highest BCUT2D eigenvalue weighted by molar-refractivity contribution is 6.09. The van der Waals surface area contributed by atoms with E-state index >= 15 is 0 Å². The number of hydrazone groups is 1. The fourth-order valence-corrected chi connectivity index (χ4v) is 4.05. The number of benzene rings is 4. The molecule has 146 valence electrons. The zero-order valence-electron chi connectivity index (χ0n) is 16.7. The molecule has 1 amide bonds. The second-order valence-corrected chi connectivity index (χ2v) is 7.30. The number of carbonyl (C=O) groups excluding carboxylic acids is 1. The highest BCUT2D eigenvalue weighted by Gasteiger charge is 2.09. The maximum atomic E-state index is 12.5. The molecular formula is C26H21N3O. The van der Waals surface area contributed by atoms with Gasteiger partial charge in [0, 0.05) is 33.9 Å². The molecule has 0 unspecified atom stereocenters. The molecule has 1 N–H and O–H groups in total. The van der Waals surface area contributed by atoms with Crippen molar-refractivity contribution >= 4 is 44.7 Å². The van der Waals surface area contributed by atoms with Gasteiger partial charge < -0.3 is 4.57 Å². The topological polar surface area (TPSA) is 46.4 Å². The smallest absolute Gasteiger partial charge is 0.271 e. The van der Waals surface area contributed by atoms with E-state index in [1.165, 1.54) is 21.8 Å². The van der Waals surface area contributed by atoms with Gasteiger partial charge in [-0.2, -0.15) is 5.10 Å². The Hall–Kier alpha value is -3.92. The van der Waals surface area contributed by atoms with Crippen LogP contribution in [-0.4, -0.2) is 16.7 Å². The summed E-state index contributed by atoms with van der Waals surface area (Å²) in [6.45, 7) is 3.07. The molecule has 5 aromatic rings. The van der Waals surface area contributed by atoms with Gasteiger partial charge in [0.15, 0.2) is 0 Å². The van der Waals surface area contributed by atoms with Crippen LogP contribution in [0.4, 0.5) is 0 Å². The van der Waals surface area contributed by atoms with Gasteiger partial charge in [0.05, 0.1) is 6.21 Å². The number of rotatable bonds is 4. The van der Waals surface area contributed by atoms with Crippen LogP contribution in [0.15, 0.2) is 90.0 Å². The first-order chi connectivity index (χ1) is 14.7. The van der Waals surface area contributed by atoms with Crippen molar-refractivity contribution < 1.29 is 4.79 Å². The van der Waals surface area contributed by atoms with E-state index < -0.39 is 0 Å². The van der Waals surface area contributed by atoms with E-state index in [1.807, 2.05) is 48.5 Å². The van der Waals surface area contributed by atoms with Gasteiger partial charge in [0.2, 0.25) is 0 Å². The van der Waals surface area contributed by atoms with Crippen LogP contribution in [0.3, 0.4) is 0 Å². The summed E-state index contributed by atoms with van der Waals surface area (Å²) in [5, 5.41) is 8.74. The molecule has 0 atom stereocenters. The minimum atomic E-state index is -0.222. The molecule has 4 heteroatoms. The Kier molecular flexibility index (Phi) is 4.52. The third-order valence-electron chi connectivity index (χ3n) is 5.50. The van der Waals surface area contributed by atoms with Crippen LogP contribution < -0.4 is 5.43 Å². The Labute approximate surface area is 174 Å². The fraction of sp³-hybridized carbons (Fsp3) is 0.0769. The van der Waals surface area contributed by atoms with Crippen LogP contribution in [0.25, 0.3) is 32.6 Å². The number of hydrogen-bond donors (Lipinski definition) is 1. The van der Waals surface area contributed by atoms with Gasteiger partial charge in [0.25, 0.3) is 5.91 Å². The molecule has 0 radical (unpaired) electrons. The van der Waals surface area contributed by atoms with E-state index in [2.05, 4.69) is 58.4 Å². The van der Waals surface area contributed by atoms with Crippen molar-refractivity contribution in [1.82, 2.24) is 9.99 Å². The van der Waals surface area contributed by atoms with Crippen molar-refractivity contribution in [3.8, 4) is 0 Å². The predicted molar refractivity (Wildman–Crippen MR) is 124 cm³/mol. The number of carbonyl (C=O) groups is 1. The summed E-state index contributed by atoms with van der Waals surface area (Å²) in [5.74, 6) is -0.222. The molecule has 0 fully saturated rings. The van der Waals surface area contributed by atoms with E-state index in [9.17, 15) is 4.79 Å². The van der Waals surface area contributed by atoms with Gasteiger partial charge in [-0.1, -0.05) is 54.6 Å². The van der Waals surface area contributed by atoms with Crippen molar-refractivity contribution in [3.63, 3.8) is 0 Å². The molecular weight excluding hydrogens is 370 g/mol. The van der Waals surface area contributed by atoms with Crippen LogP contribution in [0.1, 0.15) is 22.8 Å². The van der Waals surface area contributed by atoms with Gasteiger partial charge in [-0.05, 0) is 53.6 Å². The summed E-state index contributed by atoms with van der Waals surface area (Å²) >= 11 is 0. The SMILES string of the molecule is CCn1c2ccccc2c2cc(C=NNC(=O)c3ccc4ccccc4c3)ccc21. The average molecular weight is 391 g/mol. The Bertz CT molecular complexity index is 1430. The second-order valence-electron chi connectivity index (χ2n) is 7.30. The Morgan fingerprint density at radius 2 is 1.63 bits per heavy atom. The third kappa shape index (κ3) is 3.12. The lowest BCUT2D eigenvalue weighted by atomic mass is 10.1. The lowest BCUT2D eigenvalue weighted by Crippen LogP contribution is -2.17. The minimum absolute atomic E-state index is 0.222. The van der Waals surface area contributed by atoms with Crippen LogP contribution in [0.2, 0.25) is 0 Å². The molecule has 0 aliphatic carbocycles. The zero-order chi connectivity index (χ0) is 20.5. The van der Waals surface area contributed by atoms with E-state index in [0.717, 1.165) is 22.9 Å².